The van der Waals surface area contributed by atoms with Gasteiger partial charge >= 0.3 is 0 Å². The highest BCUT2D eigenvalue weighted by atomic mass is 32.2. The van der Waals surface area contributed by atoms with Gasteiger partial charge in [-0.2, -0.15) is 0 Å². The largest absolute Gasteiger partial charge is 0.481 e. The average Bonchev–Trinajstić information content (AvgIpc) is 3.43. The summed E-state index contributed by atoms with van der Waals surface area (Å²) in [4.78, 5) is 4.26. The van der Waals surface area contributed by atoms with Crippen LogP contribution in [0.1, 0.15) is 35.7 Å². The molecule has 0 spiro atoms. The summed E-state index contributed by atoms with van der Waals surface area (Å²) < 4.78 is 7.38. The van der Waals surface area contributed by atoms with Crippen LogP contribution in [0.25, 0.3) is 0 Å². The summed E-state index contributed by atoms with van der Waals surface area (Å²) in [5.74, 6) is 3.15. The predicted molar refractivity (Wildman–Crippen MR) is 97.9 cm³/mol. The normalized spacial score (nSPS) is 13.8. The number of rotatable bonds is 7. The number of methoxy groups -OCH3 is 1. The first-order valence-corrected chi connectivity index (χ1v) is 9.41. The van der Waals surface area contributed by atoms with Crippen LogP contribution in [0.15, 0.2) is 53.8 Å². The van der Waals surface area contributed by atoms with Gasteiger partial charge in [-0.1, -0.05) is 48.2 Å². The van der Waals surface area contributed by atoms with E-state index < -0.39 is 0 Å². The molecule has 5 nitrogen and oxygen atoms in total. The van der Waals surface area contributed by atoms with Crippen LogP contribution >= 0.6 is 11.8 Å². The zero-order chi connectivity index (χ0) is 17.1. The Morgan fingerprint density at radius 1 is 1.08 bits per heavy atom. The van der Waals surface area contributed by atoms with Gasteiger partial charge in [0, 0.05) is 23.9 Å². The summed E-state index contributed by atoms with van der Waals surface area (Å²) in [6.07, 6.45) is 4.30. The third-order valence-corrected chi connectivity index (χ3v) is 5.28. The fourth-order valence-electron chi connectivity index (χ4n) is 2.73. The number of nitrogens with zero attached hydrogens (tertiary/aromatic N) is 4. The molecule has 6 heteroatoms. The zero-order valence-electron chi connectivity index (χ0n) is 14.1. The highest BCUT2D eigenvalue weighted by molar-refractivity contribution is 7.98. The third kappa shape index (κ3) is 3.85. The van der Waals surface area contributed by atoms with Crippen molar-refractivity contribution in [1.82, 2.24) is 19.7 Å². The number of aromatic nitrogens is 4. The van der Waals surface area contributed by atoms with Crippen LogP contribution in [0.5, 0.6) is 5.88 Å². The van der Waals surface area contributed by atoms with Crippen LogP contribution in [-0.2, 0) is 12.3 Å². The molecule has 0 unspecified atom stereocenters. The Kier molecular flexibility index (Phi) is 4.70. The van der Waals surface area contributed by atoms with Crippen LogP contribution in [0, 0.1) is 0 Å². The molecule has 128 valence electrons. The van der Waals surface area contributed by atoms with E-state index in [-0.39, 0.29) is 0 Å². The lowest BCUT2D eigenvalue weighted by molar-refractivity contribution is 0.397. The summed E-state index contributed by atoms with van der Waals surface area (Å²) in [6, 6.07) is 14.4. The van der Waals surface area contributed by atoms with Gasteiger partial charge in [-0.3, -0.25) is 0 Å². The first-order valence-electron chi connectivity index (χ1n) is 8.42. The molecule has 0 bridgehead atoms. The summed E-state index contributed by atoms with van der Waals surface area (Å²) in [6.45, 7) is 0.822. The maximum absolute atomic E-state index is 5.11. The highest BCUT2D eigenvalue weighted by Crippen LogP contribution is 2.40. The van der Waals surface area contributed by atoms with E-state index in [9.17, 15) is 0 Å². The molecule has 0 aliphatic heterocycles. The fraction of sp³-hybridized carbons (Fsp3) is 0.316. The minimum Gasteiger partial charge on any atom is -0.481 e. The van der Waals surface area contributed by atoms with Gasteiger partial charge in [-0.05, 0) is 24.0 Å². The van der Waals surface area contributed by atoms with Crippen LogP contribution in [0.2, 0.25) is 0 Å². The van der Waals surface area contributed by atoms with Crippen molar-refractivity contribution >= 4 is 11.8 Å². The van der Waals surface area contributed by atoms with E-state index in [1.165, 1.54) is 18.4 Å². The lowest BCUT2D eigenvalue weighted by Crippen LogP contribution is -2.06. The van der Waals surface area contributed by atoms with Gasteiger partial charge in [-0.25, -0.2) is 4.98 Å². The fourth-order valence-corrected chi connectivity index (χ4v) is 3.61. The molecule has 0 radical (unpaired) electrons. The van der Waals surface area contributed by atoms with Gasteiger partial charge < -0.3 is 9.30 Å². The molecule has 1 fully saturated rings. The molecule has 2 aromatic heterocycles. The van der Waals surface area contributed by atoms with E-state index in [1.807, 2.05) is 24.4 Å². The Morgan fingerprint density at radius 2 is 1.92 bits per heavy atom. The van der Waals surface area contributed by atoms with Crippen molar-refractivity contribution in [3.8, 4) is 5.88 Å². The van der Waals surface area contributed by atoms with Gasteiger partial charge in [0.15, 0.2) is 5.16 Å². The summed E-state index contributed by atoms with van der Waals surface area (Å²) >= 11 is 1.71. The maximum atomic E-state index is 5.11. The number of hydrogen-bond donors (Lipinski definition) is 0. The molecule has 25 heavy (non-hydrogen) atoms. The van der Waals surface area contributed by atoms with E-state index in [4.69, 9.17) is 4.74 Å². The van der Waals surface area contributed by atoms with E-state index >= 15 is 0 Å². The molecule has 0 N–H and O–H groups in total. The average molecular weight is 352 g/mol. The van der Waals surface area contributed by atoms with Gasteiger partial charge in [0.05, 0.1) is 13.7 Å². The second-order valence-corrected chi connectivity index (χ2v) is 7.13. The van der Waals surface area contributed by atoms with E-state index in [2.05, 4.69) is 44.0 Å². The smallest absolute Gasteiger partial charge is 0.212 e. The predicted octanol–water partition coefficient (Wildman–Crippen LogP) is 3.90. The monoisotopic (exact) mass is 352 g/mol. The van der Waals surface area contributed by atoms with E-state index in [0.717, 1.165) is 28.8 Å². The van der Waals surface area contributed by atoms with Crippen molar-refractivity contribution in [3.63, 3.8) is 0 Å². The number of thioether (sulfide) groups is 1. The molecular weight excluding hydrogens is 332 g/mol. The van der Waals surface area contributed by atoms with Crippen molar-refractivity contribution in [2.24, 2.45) is 0 Å². The van der Waals surface area contributed by atoms with Crippen molar-refractivity contribution < 1.29 is 4.74 Å². The lowest BCUT2D eigenvalue weighted by atomic mass is 10.2. The van der Waals surface area contributed by atoms with Gasteiger partial charge in [-0.15, -0.1) is 10.2 Å². The first kappa shape index (κ1) is 16.1. The minimum absolute atomic E-state index is 0.577. The SMILES string of the molecule is COc1ccc(CSc2nnc(C3CC3)n2Cc2ccccc2)cn1. The number of ether oxygens (including phenoxy) is 1. The van der Waals surface area contributed by atoms with Gasteiger partial charge in [0.25, 0.3) is 0 Å². The number of benzene rings is 1. The van der Waals surface area contributed by atoms with Gasteiger partial charge in [0.2, 0.25) is 5.88 Å². The van der Waals surface area contributed by atoms with Crippen molar-refractivity contribution in [1.29, 1.82) is 0 Å². The zero-order valence-corrected chi connectivity index (χ0v) is 14.9. The highest BCUT2D eigenvalue weighted by Gasteiger charge is 2.30. The Balaban J connectivity index is 1.52. The van der Waals surface area contributed by atoms with Crippen LogP contribution < -0.4 is 4.74 Å². The van der Waals surface area contributed by atoms with E-state index in [1.54, 1.807) is 18.9 Å². The van der Waals surface area contributed by atoms with Crippen LogP contribution in [0.3, 0.4) is 0 Å². The number of pyridine rings is 1. The number of hydrogen-bond acceptors (Lipinski definition) is 5. The topological polar surface area (TPSA) is 52.8 Å². The Labute approximate surface area is 151 Å². The Bertz CT molecular complexity index is 828. The Morgan fingerprint density at radius 3 is 2.60 bits per heavy atom. The summed E-state index contributed by atoms with van der Waals surface area (Å²) in [5.41, 5.74) is 2.42. The van der Waals surface area contributed by atoms with Gasteiger partial charge in [0.1, 0.15) is 5.82 Å². The molecule has 1 aliphatic carbocycles. The molecule has 1 aromatic carbocycles. The van der Waals surface area contributed by atoms with Crippen LogP contribution in [0.4, 0.5) is 0 Å². The molecule has 0 saturated heterocycles. The second kappa shape index (κ2) is 7.27. The quantitative estimate of drug-likeness (QED) is 0.604. The molecule has 0 amide bonds. The molecule has 0 atom stereocenters. The molecule has 2 heterocycles. The maximum Gasteiger partial charge on any atom is 0.212 e. The van der Waals surface area contributed by atoms with E-state index in [0.29, 0.717) is 11.8 Å². The first-order chi connectivity index (χ1) is 12.3. The standard InChI is InChI=1S/C19H20N4OS/c1-24-17-10-7-15(11-20-17)13-25-19-22-21-18(16-8-9-16)23(19)12-14-5-3-2-4-6-14/h2-7,10-11,16H,8-9,12-13H2,1H3. The summed E-state index contributed by atoms with van der Waals surface area (Å²) in [7, 11) is 1.63. The van der Waals surface area contributed by atoms with Crippen molar-refractivity contribution in [2.75, 3.05) is 7.11 Å². The van der Waals surface area contributed by atoms with Crippen LogP contribution in [-0.4, -0.2) is 26.9 Å². The molecule has 3 aromatic rings. The molecular formula is C19H20N4OS. The molecule has 1 saturated carbocycles. The third-order valence-electron chi connectivity index (χ3n) is 4.25. The lowest BCUT2D eigenvalue weighted by Gasteiger charge is -2.10. The minimum atomic E-state index is 0.577. The Hall–Kier alpha value is -2.34. The van der Waals surface area contributed by atoms with Crippen molar-refractivity contribution in [2.45, 2.75) is 36.2 Å². The second-order valence-electron chi connectivity index (χ2n) is 6.18. The molecule has 1 aliphatic rings. The molecule has 4 rings (SSSR count). The summed E-state index contributed by atoms with van der Waals surface area (Å²) in [5, 5.41) is 9.90. The van der Waals surface area contributed by atoms with Crippen molar-refractivity contribution in [3.05, 3.63) is 65.6 Å².